The fourth-order valence-corrected chi connectivity index (χ4v) is 2.25. The molecule has 0 heterocycles. The number of hydrogen-bond acceptors (Lipinski definition) is 3. The summed E-state index contributed by atoms with van der Waals surface area (Å²) in [7, 11) is 0. The molecule has 0 aliphatic rings. The second kappa shape index (κ2) is 6.31. The summed E-state index contributed by atoms with van der Waals surface area (Å²) in [5.41, 5.74) is 8.42. The molecular formula is C17H20N2O2. The van der Waals surface area contributed by atoms with Crippen molar-refractivity contribution in [1.82, 2.24) is 0 Å². The van der Waals surface area contributed by atoms with Crippen molar-refractivity contribution in [2.24, 2.45) is 0 Å². The first-order valence-corrected chi connectivity index (χ1v) is 7.00. The average Bonchev–Trinajstić information content (AvgIpc) is 2.47. The molecule has 21 heavy (non-hydrogen) atoms. The highest BCUT2D eigenvalue weighted by Gasteiger charge is 2.21. The molecule has 4 heteroatoms. The van der Waals surface area contributed by atoms with Crippen molar-refractivity contribution in [1.29, 1.82) is 0 Å². The summed E-state index contributed by atoms with van der Waals surface area (Å²) in [5.74, 6) is -0.253. The molecule has 4 nitrogen and oxygen atoms in total. The summed E-state index contributed by atoms with van der Waals surface area (Å²) >= 11 is 0. The van der Waals surface area contributed by atoms with Gasteiger partial charge in [0, 0.05) is 6.54 Å². The molecule has 0 bridgehead atoms. The van der Waals surface area contributed by atoms with E-state index in [2.05, 4.69) is 0 Å². The van der Waals surface area contributed by atoms with Crippen LogP contribution < -0.4 is 10.6 Å². The average molecular weight is 284 g/mol. The van der Waals surface area contributed by atoms with Crippen LogP contribution >= 0.6 is 0 Å². The van der Waals surface area contributed by atoms with Crippen LogP contribution in [0.3, 0.4) is 0 Å². The number of nitrogens with zero attached hydrogens (tertiary/aromatic N) is 1. The number of nitrogen functional groups attached to an aromatic ring is 1. The zero-order valence-electron chi connectivity index (χ0n) is 12.3. The van der Waals surface area contributed by atoms with Gasteiger partial charge in [-0.05, 0) is 37.6 Å². The van der Waals surface area contributed by atoms with Crippen molar-refractivity contribution in [3.63, 3.8) is 0 Å². The fraction of sp³-hybridized carbons (Fsp3) is 0.235. The van der Waals surface area contributed by atoms with E-state index in [1.807, 2.05) is 32.0 Å². The third-order valence-corrected chi connectivity index (χ3v) is 3.30. The van der Waals surface area contributed by atoms with Crippen LogP contribution in [0.1, 0.15) is 29.3 Å². The first-order valence-electron chi connectivity index (χ1n) is 7.00. The van der Waals surface area contributed by atoms with Crippen molar-refractivity contribution in [2.75, 3.05) is 17.2 Å². The van der Waals surface area contributed by atoms with Crippen LogP contribution in [0.25, 0.3) is 0 Å². The molecule has 0 aliphatic heterocycles. The predicted molar refractivity (Wildman–Crippen MR) is 85.7 cm³/mol. The Kier molecular flexibility index (Phi) is 4.48. The van der Waals surface area contributed by atoms with Gasteiger partial charge in [-0.2, -0.15) is 0 Å². The van der Waals surface area contributed by atoms with Gasteiger partial charge in [0.05, 0.1) is 16.9 Å². The molecule has 0 saturated heterocycles. The zero-order chi connectivity index (χ0) is 15.4. The first kappa shape index (κ1) is 14.9. The molecular weight excluding hydrogens is 264 g/mol. The molecule has 0 aromatic heterocycles. The van der Waals surface area contributed by atoms with Gasteiger partial charge in [0.1, 0.15) is 5.75 Å². The number of para-hydroxylation sites is 2. The minimum atomic E-state index is -0.240. The number of aromatic hydroxyl groups is 1. The maximum Gasteiger partial charge on any atom is 0.262 e. The van der Waals surface area contributed by atoms with Gasteiger partial charge in [-0.15, -0.1) is 0 Å². The predicted octanol–water partition coefficient (Wildman–Crippen LogP) is 3.34. The first-order chi connectivity index (χ1) is 10.0. The van der Waals surface area contributed by atoms with E-state index in [-0.39, 0.29) is 11.7 Å². The lowest BCUT2D eigenvalue weighted by molar-refractivity contribution is 0.0984. The Labute approximate surface area is 124 Å². The molecule has 2 aromatic carbocycles. The van der Waals surface area contributed by atoms with Gasteiger partial charge >= 0.3 is 0 Å². The lowest BCUT2D eigenvalue weighted by atomic mass is 10.1. The van der Waals surface area contributed by atoms with Crippen molar-refractivity contribution >= 4 is 17.3 Å². The maximum atomic E-state index is 12.8. The Morgan fingerprint density at radius 2 is 1.95 bits per heavy atom. The van der Waals surface area contributed by atoms with Crippen molar-refractivity contribution in [2.45, 2.75) is 20.3 Å². The molecule has 0 spiro atoms. The Bertz CT molecular complexity index is 653. The monoisotopic (exact) mass is 284 g/mol. The SMILES string of the molecule is CCCN(C(=O)c1cc(C)ccc1O)c1ccccc1N. The zero-order valence-corrected chi connectivity index (χ0v) is 12.3. The fourth-order valence-electron chi connectivity index (χ4n) is 2.25. The summed E-state index contributed by atoms with van der Waals surface area (Å²) in [6.07, 6.45) is 0.798. The summed E-state index contributed by atoms with van der Waals surface area (Å²) in [5, 5.41) is 9.96. The van der Waals surface area contributed by atoms with E-state index in [1.54, 1.807) is 29.2 Å². The molecule has 0 unspecified atom stereocenters. The Balaban J connectivity index is 2.45. The second-order valence-electron chi connectivity index (χ2n) is 5.04. The second-order valence-corrected chi connectivity index (χ2v) is 5.04. The van der Waals surface area contributed by atoms with E-state index < -0.39 is 0 Å². The number of phenolic OH excluding ortho intramolecular Hbond substituents is 1. The van der Waals surface area contributed by atoms with Crippen molar-refractivity contribution in [3.8, 4) is 5.75 Å². The molecule has 0 radical (unpaired) electrons. The molecule has 0 atom stereocenters. The van der Waals surface area contributed by atoms with Gasteiger partial charge in [0.2, 0.25) is 0 Å². The van der Waals surface area contributed by atoms with Crippen LogP contribution in [0.15, 0.2) is 42.5 Å². The maximum absolute atomic E-state index is 12.8. The van der Waals surface area contributed by atoms with Gasteiger partial charge in [0.25, 0.3) is 5.91 Å². The van der Waals surface area contributed by atoms with Gasteiger partial charge in [-0.3, -0.25) is 4.79 Å². The Hall–Kier alpha value is -2.49. The number of benzene rings is 2. The van der Waals surface area contributed by atoms with Crippen LogP contribution in [-0.4, -0.2) is 17.6 Å². The Morgan fingerprint density at radius 1 is 1.24 bits per heavy atom. The number of carbonyl (C=O) groups is 1. The molecule has 110 valence electrons. The number of nitrogens with two attached hydrogens (primary N) is 1. The quantitative estimate of drug-likeness (QED) is 0.846. The van der Waals surface area contributed by atoms with E-state index in [0.29, 0.717) is 23.5 Å². The van der Waals surface area contributed by atoms with Gasteiger partial charge in [-0.1, -0.05) is 30.7 Å². The summed E-state index contributed by atoms with van der Waals surface area (Å²) < 4.78 is 0. The smallest absolute Gasteiger partial charge is 0.262 e. The summed E-state index contributed by atoms with van der Waals surface area (Å²) in [6.45, 7) is 4.42. The molecule has 1 amide bonds. The molecule has 0 aliphatic carbocycles. The molecule has 0 fully saturated rings. The van der Waals surface area contributed by atoms with Gasteiger partial charge < -0.3 is 15.7 Å². The number of anilines is 2. The number of rotatable bonds is 4. The normalized spacial score (nSPS) is 10.4. The van der Waals surface area contributed by atoms with E-state index >= 15 is 0 Å². The highest BCUT2D eigenvalue weighted by atomic mass is 16.3. The standard InChI is InChI=1S/C17H20N2O2/c1-3-10-19(15-7-5-4-6-14(15)18)17(21)13-11-12(2)8-9-16(13)20/h4-9,11,20H,3,10,18H2,1-2H3. The van der Waals surface area contributed by atoms with Crippen LogP contribution in [0.5, 0.6) is 5.75 Å². The van der Waals surface area contributed by atoms with Crippen molar-refractivity contribution < 1.29 is 9.90 Å². The number of aryl methyl sites for hydroxylation is 1. The number of phenols is 1. The number of carbonyl (C=O) groups excluding carboxylic acids is 1. The van der Waals surface area contributed by atoms with Gasteiger partial charge in [0.15, 0.2) is 0 Å². The minimum Gasteiger partial charge on any atom is -0.507 e. The van der Waals surface area contributed by atoms with Crippen LogP contribution in [-0.2, 0) is 0 Å². The topological polar surface area (TPSA) is 66.6 Å². The summed E-state index contributed by atoms with van der Waals surface area (Å²) in [6, 6.07) is 12.3. The van der Waals surface area contributed by atoms with E-state index in [9.17, 15) is 9.90 Å². The number of amides is 1. The lowest BCUT2D eigenvalue weighted by Gasteiger charge is -2.24. The molecule has 0 saturated carbocycles. The molecule has 2 aromatic rings. The largest absolute Gasteiger partial charge is 0.507 e. The minimum absolute atomic E-state index is 0.0128. The third-order valence-electron chi connectivity index (χ3n) is 3.30. The van der Waals surface area contributed by atoms with E-state index in [0.717, 1.165) is 12.0 Å². The molecule has 2 rings (SSSR count). The van der Waals surface area contributed by atoms with Gasteiger partial charge in [-0.25, -0.2) is 0 Å². The number of hydrogen-bond donors (Lipinski definition) is 2. The van der Waals surface area contributed by atoms with E-state index in [1.165, 1.54) is 0 Å². The third kappa shape index (κ3) is 3.16. The van der Waals surface area contributed by atoms with E-state index in [4.69, 9.17) is 5.73 Å². The Morgan fingerprint density at radius 3 is 2.62 bits per heavy atom. The summed E-state index contributed by atoms with van der Waals surface area (Å²) in [4.78, 5) is 14.4. The highest BCUT2D eigenvalue weighted by Crippen LogP contribution is 2.27. The lowest BCUT2D eigenvalue weighted by Crippen LogP contribution is -2.32. The van der Waals surface area contributed by atoms with Crippen molar-refractivity contribution in [3.05, 3.63) is 53.6 Å². The van der Waals surface area contributed by atoms with Crippen LogP contribution in [0, 0.1) is 6.92 Å². The van der Waals surface area contributed by atoms with Crippen LogP contribution in [0.2, 0.25) is 0 Å². The highest BCUT2D eigenvalue weighted by molar-refractivity contribution is 6.09. The van der Waals surface area contributed by atoms with Crippen LogP contribution in [0.4, 0.5) is 11.4 Å². The molecule has 3 N–H and O–H groups in total.